The van der Waals surface area contributed by atoms with Gasteiger partial charge in [-0.15, -0.1) is 22.6 Å². The SMILES string of the molecule is Cl.NCC1(c2ccccc2)CCN(c2cc(-c3cccc(F)c3)nnc2N)CC1. The van der Waals surface area contributed by atoms with Gasteiger partial charge in [-0.3, -0.25) is 0 Å². The number of hydrogen-bond acceptors (Lipinski definition) is 5. The summed E-state index contributed by atoms with van der Waals surface area (Å²) >= 11 is 0. The molecule has 1 aliphatic heterocycles. The third kappa shape index (κ3) is 4.18. The molecule has 1 aromatic heterocycles. The van der Waals surface area contributed by atoms with Crippen LogP contribution < -0.4 is 16.4 Å². The molecule has 0 atom stereocenters. The van der Waals surface area contributed by atoms with Crippen LogP contribution in [0.2, 0.25) is 0 Å². The van der Waals surface area contributed by atoms with E-state index in [0.717, 1.165) is 31.6 Å². The van der Waals surface area contributed by atoms with Gasteiger partial charge in [-0.2, -0.15) is 0 Å². The zero-order valence-electron chi connectivity index (χ0n) is 16.1. The lowest BCUT2D eigenvalue weighted by Gasteiger charge is -2.42. The lowest BCUT2D eigenvalue weighted by molar-refractivity contribution is 0.340. The molecule has 2 heterocycles. The molecule has 7 heteroatoms. The van der Waals surface area contributed by atoms with E-state index in [9.17, 15) is 4.39 Å². The fourth-order valence-electron chi connectivity index (χ4n) is 4.01. The number of piperidine rings is 1. The predicted octanol–water partition coefficient (Wildman–Crippen LogP) is 3.78. The summed E-state index contributed by atoms with van der Waals surface area (Å²) in [5.41, 5.74) is 15.7. The van der Waals surface area contributed by atoms with Gasteiger partial charge in [0.05, 0.1) is 11.4 Å². The summed E-state index contributed by atoms with van der Waals surface area (Å²) in [5.74, 6) is 0.0892. The Labute approximate surface area is 176 Å². The zero-order valence-corrected chi connectivity index (χ0v) is 16.9. The standard InChI is InChI=1S/C22H24FN5.ClH/c23-18-8-4-5-16(13-18)19-14-20(21(25)27-26-19)28-11-9-22(15-24,10-12-28)17-6-2-1-3-7-17;/h1-8,13-14H,9-12,15,24H2,(H2,25,27);1H. The maximum absolute atomic E-state index is 13.6. The fourth-order valence-corrected chi connectivity index (χ4v) is 4.01. The van der Waals surface area contributed by atoms with Crippen molar-refractivity contribution >= 4 is 23.9 Å². The summed E-state index contributed by atoms with van der Waals surface area (Å²) in [6, 6.07) is 18.7. The number of rotatable bonds is 4. The van der Waals surface area contributed by atoms with E-state index in [4.69, 9.17) is 11.5 Å². The van der Waals surface area contributed by atoms with E-state index >= 15 is 0 Å². The van der Waals surface area contributed by atoms with Gasteiger partial charge in [-0.05, 0) is 36.6 Å². The van der Waals surface area contributed by atoms with Crippen LogP contribution in [0, 0.1) is 5.82 Å². The summed E-state index contributed by atoms with van der Waals surface area (Å²) in [6.07, 6.45) is 1.87. The van der Waals surface area contributed by atoms with E-state index in [2.05, 4.69) is 39.4 Å². The lowest BCUT2D eigenvalue weighted by atomic mass is 9.73. The Morgan fingerprint density at radius 3 is 2.34 bits per heavy atom. The van der Waals surface area contributed by atoms with Crippen LogP contribution in [0.3, 0.4) is 0 Å². The molecule has 0 bridgehead atoms. The van der Waals surface area contributed by atoms with E-state index in [-0.39, 0.29) is 23.6 Å². The monoisotopic (exact) mass is 413 g/mol. The van der Waals surface area contributed by atoms with Crippen LogP contribution in [0.25, 0.3) is 11.3 Å². The summed E-state index contributed by atoms with van der Waals surface area (Å²) in [6.45, 7) is 2.26. The Hall–Kier alpha value is -2.70. The predicted molar refractivity (Wildman–Crippen MR) is 118 cm³/mol. The van der Waals surface area contributed by atoms with E-state index in [1.807, 2.05) is 18.2 Å². The second kappa shape index (κ2) is 8.76. The van der Waals surface area contributed by atoms with Gasteiger partial charge in [0.1, 0.15) is 5.82 Å². The minimum absolute atomic E-state index is 0. The summed E-state index contributed by atoms with van der Waals surface area (Å²) in [7, 11) is 0. The van der Waals surface area contributed by atoms with Gasteiger partial charge < -0.3 is 16.4 Å². The molecule has 4 rings (SSSR count). The first-order valence-corrected chi connectivity index (χ1v) is 9.51. The van der Waals surface area contributed by atoms with Crippen LogP contribution in [-0.2, 0) is 5.41 Å². The van der Waals surface area contributed by atoms with Gasteiger partial charge in [-0.1, -0.05) is 42.5 Å². The quantitative estimate of drug-likeness (QED) is 0.680. The second-order valence-electron chi connectivity index (χ2n) is 7.35. The van der Waals surface area contributed by atoms with Gasteiger partial charge in [0.25, 0.3) is 0 Å². The topological polar surface area (TPSA) is 81.1 Å². The van der Waals surface area contributed by atoms with Gasteiger partial charge >= 0.3 is 0 Å². The molecular formula is C22H25ClFN5. The molecule has 152 valence electrons. The van der Waals surface area contributed by atoms with E-state index in [1.54, 1.807) is 6.07 Å². The zero-order chi connectivity index (χ0) is 19.6. The molecule has 1 saturated heterocycles. The van der Waals surface area contributed by atoms with Gasteiger partial charge in [0.15, 0.2) is 5.82 Å². The molecule has 0 unspecified atom stereocenters. The Balaban J connectivity index is 0.00000240. The number of halogens is 2. The molecule has 0 spiro atoms. The average Bonchev–Trinajstić information content (AvgIpc) is 2.75. The number of hydrogen-bond donors (Lipinski definition) is 2. The average molecular weight is 414 g/mol. The number of anilines is 2. The molecule has 0 saturated carbocycles. The second-order valence-corrected chi connectivity index (χ2v) is 7.35. The molecule has 29 heavy (non-hydrogen) atoms. The fraction of sp³-hybridized carbons (Fsp3) is 0.273. The smallest absolute Gasteiger partial charge is 0.169 e. The van der Waals surface area contributed by atoms with Crippen molar-refractivity contribution in [1.29, 1.82) is 0 Å². The molecule has 3 aromatic rings. The summed E-state index contributed by atoms with van der Waals surface area (Å²) in [5, 5.41) is 8.26. The number of nitrogens with two attached hydrogens (primary N) is 2. The van der Waals surface area contributed by atoms with Crippen molar-refractivity contribution in [2.75, 3.05) is 30.3 Å². The Morgan fingerprint density at radius 1 is 0.966 bits per heavy atom. The highest BCUT2D eigenvalue weighted by molar-refractivity contribution is 5.85. The largest absolute Gasteiger partial charge is 0.380 e. The van der Waals surface area contributed by atoms with Crippen molar-refractivity contribution in [1.82, 2.24) is 10.2 Å². The number of benzene rings is 2. The highest BCUT2D eigenvalue weighted by atomic mass is 35.5. The highest BCUT2D eigenvalue weighted by Gasteiger charge is 2.35. The Bertz CT molecular complexity index is 958. The summed E-state index contributed by atoms with van der Waals surface area (Å²) < 4.78 is 13.6. The van der Waals surface area contributed by atoms with Crippen LogP contribution >= 0.6 is 12.4 Å². The first kappa shape index (κ1) is 21.0. The Kier molecular flexibility index (Phi) is 6.35. The van der Waals surface area contributed by atoms with Crippen molar-refractivity contribution in [2.45, 2.75) is 18.3 Å². The molecule has 0 amide bonds. The third-order valence-corrected chi connectivity index (χ3v) is 5.76. The minimum atomic E-state index is -0.300. The molecule has 1 fully saturated rings. The van der Waals surface area contributed by atoms with E-state index in [0.29, 0.717) is 23.6 Å². The minimum Gasteiger partial charge on any atom is -0.380 e. The van der Waals surface area contributed by atoms with Crippen molar-refractivity contribution in [2.24, 2.45) is 5.73 Å². The maximum Gasteiger partial charge on any atom is 0.169 e. The van der Waals surface area contributed by atoms with Crippen LogP contribution in [0.5, 0.6) is 0 Å². The molecule has 0 radical (unpaired) electrons. The van der Waals surface area contributed by atoms with Gasteiger partial charge in [0.2, 0.25) is 0 Å². The summed E-state index contributed by atoms with van der Waals surface area (Å²) in [4.78, 5) is 2.23. The maximum atomic E-state index is 13.6. The molecule has 0 aliphatic carbocycles. The molecule has 4 N–H and O–H groups in total. The highest BCUT2D eigenvalue weighted by Crippen LogP contribution is 2.37. The van der Waals surface area contributed by atoms with Gasteiger partial charge in [0, 0.05) is 30.6 Å². The van der Waals surface area contributed by atoms with Crippen molar-refractivity contribution < 1.29 is 4.39 Å². The van der Waals surface area contributed by atoms with Crippen LogP contribution in [0.4, 0.5) is 15.9 Å². The van der Waals surface area contributed by atoms with Crippen molar-refractivity contribution in [3.8, 4) is 11.3 Å². The van der Waals surface area contributed by atoms with Crippen molar-refractivity contribution in [3.05, 3.63) is 72.0 Å². The Morgan fingerprint density at radius 2 is 1.69 bits per heavy atom. The molecule has 2 aromatic carbocycles. The van der Waals surface area contributed by atoms with Crippen LogP contribution in [0.1, 0.15) is 18.4 Å². The van der Waals surface area contributed by atoms with Gasteiger partial charge in [-0.25, -0.2) is 4.39 Å². The number of aromatic nitrogens is 2. The first-order chi connectivity index (χ1) is 13.6. The normalized spacial score (nSPS) is 15.6. The number of nitrogen functional groups attached to an aromatic ring is 1. The van der Waals surface area contributed by atoms with Crippen LogP contribution in [-0.4, -0.2) is 29.8 Å². The third-order valence-electron chi connectivity index (χ3n) is 5.76. The first-order valence-electron chi connectivity index (χ1n) is 9.51. The van der Waals surface area contributed by atoms with Crippen LogP contribution in [0.15, 0.2) is 60.7 Å². The molecule has 1 aliphatic rings. The van der Waals surface area contributed by atoms with E-state index < -0.39 is 0 Å². The molecule has 5 nitrogen and oxygen atoms in total. The van der Waals surface area contributed by atoms with Crippen molar-refractivity contribution in [3.63, 3.8) is 0 Å². The van der Waals surface area contributed by atoms with E-state index in [1.165, 1.54) is 17.7 Å². The molecular weight excluding hydrogens is 389 g/mol. The lowest BCUT2D eigenvalue weighted by Crippen LogP contribution is -2.47. The number of nitrogens with zero attached hydrogens (tertiary/aromatic N) is 3.